The SMILES string of the molecule is COC(=O)CCN(C)C(=O)c1cn(-c2ccccc2)nc1-c1cccs1. The van der Waals surface area contributed by atoms with Crippen LogP contribution in [0, 0.1) is 0 Å². The van der Waals surface area contributed by atoms with Gasteiger partial charge in [0.1, 0.15) is 5.69 Å². The molecule has 1 aromatic carbocycles. The van der Waals surface area contributed by atoms with E-state index in [4.69, 9.17) is 0 Å². The van der Waals surface area contributed by atoms with Crippen molar-refractivity contribution in [2.75, 3.05) is 20.7 Å². The largest absolute Gasteiger partial charge is 0.469 e. The number of benzene rings is 1. The number of methoxy groups -OCH3 is 1. The van der Waals surface area contributed by atoms with E-state index in [0.717, 1.165) is 10.6 Å². The van der Waals surface area contributed by atoms with Gasteiger partial charge in [-0.05, 0) is 23.6 Å². The number of nitrogens with zero attached hydrogens (tertiary/aromatic N) is 3. The minimum atomic E-state index is -0.344. The molecule has 0 atom stereocenters. The van der Waals surface area contributed by atoms with Gasteiger partial charge in [-0.1, -0.05) is 24.3 Å². The second kappa shape index (κ2) is 7.97. The molecular weight excluding hydrogens is 350 g/mol. The summed E-state index contributed by atoms with van der Waals surface area (Å²) in [4.78, 5) is 26.7. The molecule has 6 nitrogen and oxygen atoms in total. The molecule has 0 N–H and O–H groups in total. The molecule has 2 aromatic heterocycles. The summed E-state index contributed by atoms with van der Waals surface area (Å²) in [6.45, 7) is 0.284. The summed E-state index contributed by atoms with van der Waals surface area (Å²) >= 11 is 1.53. The highest BCUT2D eigenvalue weighted by Crippen LogP contribution is 2.28. The van der Waals surface area contributed by atoms with Gasteiger partial charge in [0.05, 0.1) is 29.7 Å². The van der Waals surface area contributed by atoms with E-state index in [1.165, 1.54) is 23.3 Å². The Morgan fingerprint density at radius 3 is 2.62 bits per heavy atom. The Hall–Kier alpha value is -2.93. The molecule has 0 aliphatic heterocycles. The number of hydrogen-bond acceptors (Lipinski definition) is 5. The van der Waals surface area contributed by atoms with Gasteiger partial charge in [-0.2, -0.15) is 5.10 Å². The predicted molar refractivity (Wildman–Crippen MR) is 100 cm³/mol. The molecule has 0 bridgehead atoms. The molecule has 1 amide bonds. The highest BCUT2D eigenvalue weighted by molar-refractivity contribution is 7.13. The molecule has 26 heavy (non-hydrogen) atoms. The summed E-state index contributed by atoms with van der Waals surface area (Å²) in [6.07, 6.45) is 1.89. The van der Waals surface area contributed by atoms with E-state index >= 15 is 0 Å². The molecule has 7 heteroatoms. The van der Waals surface area contributed by atoms with Crippen LogP contribution < -0.4 is 0 Å². The first-order valence-electron chi connectivity index (χ1n) is 8.11. The first-order valence-corrected chi connectivity index (χ1v) is 8.99. The van der Waals surface area contributed by atoms with Crippen molar-refractivity contribution in [2.24, 2.45) is 0 Å². The lowest BCUT2D eigenvalue weighted by molar-refractivity contribution is -0.140. The van der Waals surface area contributed by atoms with E-state index in [1.807, 2.05) is 47.8 Å². The number of hydrogen-bond donors (Lipinski definition) is 0. The van der Waals surface area contributed by atoms with E-state index in [1.54, 1.807) is 17.9 Å². The molecule has 0 unspecified atom stereocenters. The number of carbonyl (C=O) groups is 2. The molecule has 0 saturated carbocycles. The third-order valence-corrected chi connectivity index (χ3v) is 4.82. The monoisotopic (exact) mass is 369 g/mol. The number of aromatic nitrogens is 2. The Kier molecular flexibility index (Phi) is 5.48. The fourth-order valence-electron chi connectivity index (χ4n) is 2.51. The van der Waals surface area contributed by atoms with Crippen LogP contribution in [0.2, 0.25) is 0 Å². The van der Waals surface area contributed by atoms with Crippen LogP contribution in [0.3, 0.4) is 0 Å². The Balaban J connectivity index is 1.93. The standard InChI is InChI=1S/C19H19N3O3S/c1-21(11-10-17(23)25-2)19(24)15-13-22(14-7-4-3-5-8-14)20-18(15)16-9-6-12-26-16/h3-9,12-13H,10-11H2,1-2H3. The quantitative estimate of drug-likeness (QED) is 0.626. The lowest BCUT2D eigenvalue weighted by atomic mass is 10.2. The smallest absolute Gasteiger partial charge is 0.307 e. The number of para-hydroxylation sites is 1. The van der Waals surface area contributed by atoms with Crippen LogP contribution in [0.4, 0.5) is 0 Å². The maximum absolute atomic E-state index is 12.9. The highest BCUT2D eigenvalue weighted by atomic mass is 32.1. The van der Waals surface area contributed by atoms with Crippen molar-refractivity contribution in [2.45, 2.75) is 6.42 Å². The summed E-state index contributed by atoms with van der Waals surface area (Å²) in [6, 6.07) is 13.5. The van der Waals surface area contributed by atoms with Crippen molar-refractivity contribution < 1.29 is 14.3 Å². The van der Waals surface area contributed by atoms with Crippen molar-refractivity contribution in [1.29, 1.82) is 0 Å². The normalized spacial score (nSPS) is 10.5. The van der Waals surface area contributed by atoms with E-state index in [9.17, 15) is 9.59 Å². The highest BCUT2D eigenvalue weighted by Gasteiger charge is 2.22. The Morgan fingerprint density at radius 1 is 1.19 bits per heavy atom. The summed E-state index contributed by atoms with van der Waals surface area (Å²) < 4.78 is 6.34. The second-order valence-corrected chi connectivity index (χ2v) is 6.65. The first kappa shape index (κ1) is 17.9. The van der Waals surface area contributed by atoms with Gasteiger partial charge in [0, 0.05) is 19.8 Å². The molecule has 3 rings (SSSR count). The number of carbonyl (C=O) groups excluding carboxylic acids is 2. The topological polar surface area (TPSA) is 64.4 Å². The molecule has 134 valence electrons. The van der Waals surface area contributed by atoms with Crippen LogP contribution in [0.25, 0.3) is 16.3 Å². The Morgan fingerprint density at radius 2 is 1.96 bits per heavy atom. The van der Waals surface area contributed by atoms with Crippen molar-refractivity contribution in [3.8, 4) is 16.3 Å². The summed E-state index contributed by atoms with van der Waals surface area (Å²) in [5.74, 6) is -0.525. The molecule has 0 aliphatic rings. The number of esters is 1. The summed E-state index contributed by atoms with van der Waals surface area (Å²) in [5, 5.41) is 6.58. The minimum absolute atomic E-state index is 0.153. The first-order chi connectivity index (χ1) is 12.6. The maximum atomic E-state index is 12.9. The van der Waals surface area contributed by atoms with E-state index in [2.05, 4.69) is 9.84 Å². The summed E-state index contributed by atoms with van der Waals surface area (Å²) in [5.41, 5.74) is 2.02. The van der Waals surface area contributed by atoms with Gasteiger partial charge < -0.3 is 9.64 Å². The Bertz CT molecular complexity index is 888. The average Bonchev–Trinajstić information content (AvgIpc) is 3.35. The third-order valence-electron chi connectivity index (χ3n) is 3.95. The van der Waals surface area contributed by atoms with Gasteiger partial charge in [-0.25, -0.2) is 4.68 Å². The van der Waals surface area contributed by atoms with Crippen LogP contribution in [0.1, 0.15) is 16.8 Å². The van der Waals surface area contributed by atoms with Crippen molar-refractivity contribution in [1.82, 2.24) is 14.7 Å². The zero-order chi connectivity index (χ0) is 18.5. The van der Waals surface area contributed by atoms with E-state index in [0.29, 0.717) is 11.3 Å². The second-order valence-electron chi connectivity index (χ2n) is 5.70. The lowest BCUT2D eigenvalue weighted by Gasteiger charge is -2.16. The zero-order valence-corrected chi connectivity index (χ0v) is 15.4. The number of amides is 1. The van der Waals surface area contributed by atoms with Gasteiger partial charge in [-0.3, -0.25) is 9.59 Å². The van der Waals surface area contributed by atoms with Gasteiger partial charge in [-0.15, -0.1) is 11.3 Å². The Labute approximate surface area is 155 Å². The van der Waals surface area contributed by atoms with Crippen molar-refractivity contribution in [3.63, 3.8) is 0 Å². The third kappa shape index (κ3) is 3.83. The number of thiophene rings is 1. The zero-order valence-electron chi connectivity index (χ0n) is 14.6. The van der Waals surface area contributed by atoms with Crippen LogP contribution in [0.5, 0.6) is 0 Å². The molecular formula is C19H19N3O3S. The lowest BCUT2D eigenvalue weighted by Crippen LogP contribution is -2.29. The van der Waals surface area contributed by atoms with Crippen molar-refractivity contribution in [3.05, 3.63) is 59.6 Å². The molecule has 0 radical (unpaired) electrons. The molecule has 0 fully saturated rings. The maximum Gasteiger partial charge on any atom is 0.307 e. The molecule has 0 aliphatic carbocycles. The molecule has 0 spiro atoms. The van der Waals surface area contributed by atoms with Gasteiger partial charge in [0.15, 0.2) is 0 Å². The fourth-order valence-corrected chi connectivity index (χ4v) is 3.23. The predicted octanol–water partition coefficient (Wildman–Crippen LogP) is 3.24. The molecule has 3 aromatic rings. The van der Waals surface area contributed by atoms with E-state index < -0.39 is 0 Å². The van der Waals surface area contributed by atoms with Crippen molar-refractivity contribution >= 4 is 23.2 Å². The number of ether oxygens (including phenoxy) is 1. The fraction of sp³-hybridized carbons (Fsp3) is 0.211. The molecule has 2 heterocycles. The van der Waals surface area contributed by atoms with Gasteiger partial charge in [0.2, 0.25) is 0 Å². The van der Waals surface area contributed by atoms with Crippen LogP contribution in [0.15, 0.2) is 54.0 Å². The van der Waals surface area contributed by atoms with E-state index in [-0.39, 0.29) is 24.8 Å². The number of rotatable bonds is 6. The van der Waals surface area contributed by atoms with Gasteiger partial charge in [0.25, 0.3) is 5.91 Å². The van der Waals surface area contributed by atoms with Crippen LogP contribution in [-0.2, 0) is 9.53 Å². The molecule has 0 saturated heterocycles. The summed E-state index contributed by atoms with van der Waals surface area (Å²) in [7, 11) is 3.01. The van der Waals surface area contributed by atoms with Crippen LogP contribution >= 0.6 is 11.3 Å². The average molecular weight is 369 g/mol. The minimum Gasteiger partial charge on any atom is -0.469 e. The van der Waals surface area contributed by atoms with Crippen LogP contribution in [-0.4, -0.2) is 47.3 Å². The van der Waals surface area contributed by atoms with Gasteiger partial charge >= 0.3 is 5.97 Å².